The van der Waals surface area contributed by atoms with Crippen LogP contribution in [0.4, 0.5) is 0 Å². The van der Waals surface area contributed by atoms with Crippen LogP contribution in [0.5, 0.6) is 0 Å². The van der Waals surface area contributed by atoms with Crippen LogP contribution in [-0.2, 0) is 14.4 Å². The van der Waals surface area contributed by atoms with Gasteiger partial charge in [0.05, 0.1) is 24.5 Å². The number of nitrogens with zero attached hydrogens (tertiary/aromatic N) is 1. The van der Waals surface area contributed by atoms with Gasteiger partial charge in [-0.2, -0.15) is 0 Å². The topological polar surface area (TPSA) is 98.7 Å². The normalized spacial score (nSPS) is 30.6. The molecule has 1 unspecified atom stereocenters. The summed E-state index contributed by atoms with van der Waals surface area (Å²) in [5.74, 6) is -2.06. The van der Waals surface area contributed by atoms with Crippen LogP contribution in [0.25, 0.3) is 0 Å². The fourth-order valence-electron chi connectivity index (χ4n) is 4.98. The lowest BCUT2D eigenvalue weighted by Gasteiger charge is -2.34. The minimum Gasteiger partial charge on any atom is -0.394 e. The first-order chi connectivity index (χ1) is 13.8. The predicted octanol–water partition coefficient (Wildman–Crippen LogP) is 1.46. The number of rotatable bonds is 9. The van der Waals surface area contributed by atoms with E-state index in [9.17, 15) is 19.5 Å². The molecule has 7 atom stereocenters. The Balaban J connectivity index is 2.44. The molecule has 1 saturated heterocycles. The van der Waals surface area contributed by atoms with E-state index in [2.05, 4.69) is 24.5 Å². The number of allylic oxidation sites excluding steroid dienone is 1. The molecule has 0 radical (unpaired) electrons. The summed E-state index contributed by atoms with van der Waals surface area (Å²) in [6, 6.07) is -1.20. The summed E-state index contributed by atoms with van der Waals surface area (Å²) in [7, 11) is 1.59. The summed E-state index contributed by atoms with van der Waals surface area (Å²) in [5, 5.41) is 15.5. The molecule has 1 aliphatic carbocycles. The van der Waals surface area contributed by atoms with Crippen molar-refractivity contribution in [1.82, 2.24) is 15.5 Å². The van der Waals surface area contributed by atoms with E-state index in [0.29, 0.717) is 0 Å². The van der Waals surface area contributed by atoms with Gasteiger partial charge >= 0.3 is 0 Å². The van der Waals surface area contributed by atoms with Crippen molar-refractivity contribution in [2.45, 2.75) is 71.5 Å². The first-order valence-electron chi connectivity index (χ1n) is 11.0. The van der Waals surface area contributed by atoms with Gasteiger partial charge in [-0.05, 0) is 32.6 Å². The van der Waals surface area contributed by atoms with Gasteiger partial charge in [0.1, 0.15) is 6.04 Å². The van der Waals surface area contributed by atoms with Crippen molar-refractivity contribution < 1.29 is 19.5 Å². The number of aliphatic hydroxyl groups excluding tert-OH is 1. The van der Waals surface area contributed by atoms with E-state index in [-0.39, 0.29) is 42.2 Å². The van der Waals surface area contributed by atoms with Gasteiger partial charge in [-0.15, -0.1) is 0 Å². The van der Waals surface area contributed by atoms with Crippen molar-refractivity contribution >= 4 is 17.7 Å². The zero-order valence-electron chi connectivity index (χ0n) is 18.4. The minimum absolute atomic E-state index is 0.00285. The minimum atomic E-state index is -0.708. The maximum Gasteiger partial charge on any atom is 0.243 e. The number of aliphatic hydroxyl groups is 1. The van der Waals surface area contributed by atoms with Gasteiger partial charge < -0.3 is 20.6 Å². The Hall–Kier alpha value is -1.89. The molecule has 3 amide bonds. The van der Waals surface area contributed by atoms with E-state index >= 15 is 0 Å². The SMILES string of the molecule is CCCC(C)NC(=O)[C@@H]1[C@H]2C=C[C@@H](CCC)[C@@H](C(=O)NC)[C@@H]2C(=O)N1[C@H](C)CO. The van der Waals surface area contributed by atoms with Gasteiger partial charge in [0.15, 0.2) is 0 Å². The molecule has 2 rings (SSSR count). The van der Waals surface area contributed by atoms with Crippen LogP contribution < -0.4 is 10.6 Å². The number of hydrogen-bond acceptors (Lipinski definition) is 4. The summed E-state index contributed by atoms with van der Waals surface area (Å²) < 4.78 is 0. The summed E-state index contributed by atoms with van der Waals surface area (Å²) in [6.45, 7) is 7.59. The van der Waals surface area contributed by atoms with Crippen molar-refractivity contribution in [2.24, 2.45) is 23.7 Å². The van der Waals surface area contributed by atoms with Crippen molar-refractivity contribution in [3.63, 3.8) is 0 Å². The van der Waals surface area contributed by atoms with Crippen LogP contribution in [0.15, 0.2) is 12.2 Å². The molecule has 0 spiro atoms. The van der Waals surface area contributed by atoms with E-state index < -0.39 is 23.9 Å². The average molecular weight is 408 g/mol. The third-order valence-electron chi connectivity index (χ3n) is 6.34. The molecule has 1 aliphatic heterocycles. The largest absolute Gasteiger partial charge is 0.394 e. The average Bonchev–Trinajstić information content (AvgIpc) is 2.99. The van der Waals surface area contributed by atoms with Crippen molar-refractivity contribution in [1.29, 1.82) is 0 Å². The van der Waals surface area contributed by atoms with E-state index in [1.54, 1.807) is 14.0 Å². The third kappa shape index (κ3) is 4.65. The van der Waals surface area contributed by atoms with Crippen LogP contribution in [-0.4, -0.2) is 59.5 Å². The lowest BCUT2D eigenvalue weighted by Crippen LogP contribution is -2.52. The smallest absolute Gasteiger partial charge is 0.243 e. The lowest BCUT2D eigenvalue weighted by atomic mass is 9.68. The van der Waals surface area contributed by atoms with Crippen LogP contribution in [0.1, 0.15) is 53.4 Å². The van der Waals surface area contributed by atoms with Gasteiger partial charge in [0, 0.05) is 19.0 Å². The van der Waals surface area contributed by atoms with Crippen LogP contribution in [0.3, 0.4) is 0 Å². The van der Waals surface area contributed by atoms with Gasteiger partial charge in [-0.3, -0.25) is 14.4 Å². The highest BCUT2D eigenvalue weighted by atomic mass is 16.3. The maximum atomic E-state index is 13.5. The molecule has 7 nitrogen and oxygen atoms in total. The van der Waals surface area contributed by atoms with E-state index in [1.807, 2.05) is 19.1 Å². The number of nitrogens with one attached hydrogen (secondary N) is 2. The van der Waals surface area contributed by atoms with E-state index in [1.165, 1.54) is 4.90 Å². The Morgan fingerprint density at radius 3 is 2.41 bits per heavy atom. The molecule has 2 aliphatic rings. The number of fused-ring (bicyclic) bond motifs is 1. The molecular formula is C22H37N3O4. The summed E-state index contributed by atoms with van der Waals surface area (Å²) in [6.07, 6.45) is 7.49. The van der Waals surface area contributed by atoms with Gasteiger partial charge in [-0.25, -0.2) is 0 Å². The molecule has 0 aromatic rings. The molecule has 1 fully saturated rings. The number of likely N-dealkylation sites (tertiary alicyclic amines) is 1. The molecular weight excluding hydrogens is 370 g/mol. The Morgan fingerprint density at radius 2 is 1.86 bits per heavy atom. The second-order valence-electron chi connectivity index (χ2n) is 8.50. The zero-order chi connectivity index (χ0) is 21.7. The molecule has 29 heavy (non-hydrogen) atoms. The molecule has 0 bridgehead atoms. The summed E-state index contributed by atoms with van der Waals surface area (Å²) >= 11 is 0. The number of carbonyl (C=O) groups excluding carboxylic acids is 3. The van der Waals surface area contributed by atoms with Gasteiger partial charge in [0.25, 0.3) is 0 Å². The monoisotopic (exact) mass is 407 g/mol. The Morgan fingerprint density at radius 1 is 1.17 bits per heavy atom. The van der Waals surface area contributed by atoms with Gasteiger partial charge in [0.2, 0.25) is 17.7 Å². The van der Waals surface area contributed by atoms with Gasteiger partial charge in [-0.1, -0.05) is 38.8 Å². The van der Waals surface area contributed by atoms with E-state index in [4.69, 9.17) is 0 Å². The highest BCUT2D eigenvalue weighted by Crippen LogP contribution is 2.45. The second-order valence-corrected chi connectivity index (χ2v) is 8.50. The zero-order valence-corrected chi connectivity index (χ0v) is 18.4. The standard InChI is InChI=1S/C22H37N3O4/c1-6-8-13(3)24-21(28)19-16-11-10-15(9-7-2)17(20(27)23-5)18(16)22(29)25(19)14(4)12-26/h10-11,13-19,26H,6-9,12H2,1-5H3,(H,23,27)(H,24,28)/t13?,14-,15-,16+,17-,18-,19+/m1/s1. The fraction of sp³-hybridized carbons (Fsp3) is 0.773. The second kappa shape index (κ2) is 10.2. The van der Waals surface area contributed by atoms with Crippen LogP contribution >= 0.6 is 0 Å². The Labute approximate surface area is 174 Å². The first kappa shape index (κ1) is 23.4. The first-order valence-corrected chi connectivity index (χ1v) is 11.0. The number of carbonyl (C=O) groups is 3. The molecule has 0 aromatic heterocycles. The van der Waals surface area contributed by atoms with Crippen LogP contribution in [0.2, 0.25) is 0 Å². The lowest BCUT2D eigenvalue weighted by molar-refractivity contribution is -0.143. The Kier molecular flexibility index (Phi) is 8.25. The Bertz CT molecular complexity index is 636. The highest BCUT2D eigenvalue weighted by Gasteiger charge is 2.57. The highest BCUT2D eigenvalue weighted by molar-refractivity contribution is 5.97. The molecule has 164 valence electrons. The summed E-state index contributed by atoms with van der Waals surface area (Å²) in [4.78, 5) is 40.9. The van der Waals surface area contributed by atoms with Crippen molar-refractivity contribution in [2.75, 3.05) is 13.7 Å². The number of amides is 3. The van der Waals surface area contributed by atoms with Crippen molar-refractivity contribution in [3.8, 4) is 0 Å². The maximum absolute atomic E-state index is 13.5. The molecule has 1 heterocycles. The summed E-state index contributed by atoms with van der Waals surface area (Å²) in [5.41, 5.74) is 0. The van der Waals surface area contributed by atoms with Crippen molar-refractivity contribution in [3.05, 3.63) is 12.2 Å². The van der Waals surface area contributed by atoms with E-state index in [0.717, 1.165) is 25.7 Å². The fourth-order valence-corrected chi connectivity index (χ4v) is 4.98. The predicted molar refractivity (Wildman–Crippen MR) is 112 cm³/mol. The van der Waals surface area contributed by atoms with Crippen LogP contribution in [0, 0.1) is 23.7 Å². The molecule has 0 saturated carbocycles. The third-order valence-corrected chi connectivity index (χ3v) is 6.34. The quantitative estimate of drug-likeness (QED) is 0.504. The number of hydrogen-bond donors (Lipinski definition) is 3. The molecule has 3 N–H and O–H groups in total. The molecule has 7 heteroatoms. The molecule has 0 aromatic carbocycles.